The smallest absolute Gasteiger partial charge is 0.379 e. The molecule has 0 radical (unpaired) electrons. The Morgan fingerprint density at radius 1 is 1.48 bits per heavy atom. The van der Waals surface area contributed by atoms with Crippen molar-refractivity contribution in [2.45, 2.75) is 31.7 Å². The third-order valence-corrected chi connectivity index (χ3v) is 3.38. The fourth-order valence-electron chi connectivity index (χ4n) is 2.22. The minimum atomic E-state index is -4.81. The van der Waals surface area contributed by atoms with Gasteiger partial charge in [0.2, 0.25) is 0 Å². The monoisotopic (exact) mass is 335 g/mol. The minimum absolute atomic E-state index is 0.0640. The summed E-state index contributed by atoms with van der Waals surface area (Å²) >= 11 is 0. The average Bonchev–Trinajstić information content (AvgIpc) is 2.97. The molecule has 0 saturated carbocycles. The van der Waals surface area contributed by atoms with E-state index in [-0.39, 0.29) is 12.7 Å². The molecule has 0 aromatic heterocycles. The highest BCUT2D eigenvalue weighted by Gasteiger charge is 2.35. The van der Waals surface area contributed by atoms with Crippen LogP contribution in [0.5, 0.6) is 0 Å². The Hall–Kier alpha value is -1.67. The average molecular weight is 335 g/mol. The van der Waals surface area contributed by atoms with Crippen molar-refractivity contribution in [2.24, 2.45) is 0 Å². The lowest BCUT2D eigenvalue weighted by Gasteiger charge is -2.18. The molecule has 1 aromatic carbocycles. The van der Waals surface area contributed by atoms with Gasteiger partial charge in [0.05, 0.1) is 30.4 Å². The van der Waals surface area contributed by atoms with E-state index < -0.39 is 35.1 Å². The molecule has 1 heterocycles. The van der Waals surface area contributed by atoms with Crippen LogP contribution in [0, 0.1) is 5.82 Å². The van der Waals surface area contributed by atoms with E-state index in [0.29, 0.717) is 19.3 Å². The van der Waals surface area contributed by atoms with Crippen LogP contribution in [0.3, 0.4) is 0 Å². The largest absolute Gasteiger partial charge is 0.417 e. The molecule has 1 amide bonds. The molecule has 0 spiro atoms. The molecule has 23 heavy (non-hydrogen) atoms. The summed E-state index contributed by atoms with van der Waals surface area (Å²) in [4.78, 5) is 12.0. The number of amides is 1. The Kier molecular flexibility index (Phi) is 5.59. The van der Waals surface area contributed by atoms with Crippen molar-refractivity contribution in [1.29, 1.82) is 0 Å². The Balaban J connectivity index is 1.99. The number of alkyl halides is 3. The maximum absolute atomic E-state index is 13.0. The van der Waals surface area contributed by atoms with Gasteiger partial charge in [0, 0.05) is 12.6 Å². The maximum Gasteiger partial charge on any atom is 0.417 e. The van der Waals surface area contributed by atoms with E-state index in [9.17, 15) is 22.4 Å². The normalized spacial score (nSPS) is 19.6. The minimum Gasteiger partial charge on any atom is -0.379 e. The SMILES string of the molecule is C[C@H](CO[C@@H]1CCOC1)NC(=O)c1ccc(F)cc1C(F)(F)F. The van der Waals surface area contributed by atoms with Crippen molar-refractivity contribution >= 4 is 5.91 Å². The molecule has 2 atom stereocenters. The topological polar surface area (TPSA) is 47.6 Å². The lowest BCUT2D eigenvalue weighted by atomic mass is 10.1. The maximum atomic E-state index is 13.0. The first-order valence-electron chi connectivity index (χ1n) is 7.14. The summed E-state index contributed by atoms with van der Waals surface area (Å²) in [5.74, 6) is -1.97. The van der Waals surface area contributed by atoms with E-state index in [0.717, 1.165) is 18.6 Å². The Labute approximate surface area is 130 Å². The molecule has 4 nitrogen and oxygen atoms in total. The second-order valence-corrected chi connectivity index (χ2v) is 5.38. The lowest BCUT2D eigenvalue weighted by molar-refractivity contribution is -0.138. The van der Waals surface area contributed by atoms with Crippen LogP contribution in [-0.4, -0.2) is 37.9 Å². The van der Waals surface area contributed by atoms with Crippen LogP contribution in [0.4, 0.5) is 17.6 Å². The molecule has 1 aromatic rings. The van der Waals surface area contributed by atoms with Crippen LogP contribution in [0.15, 0.2) is 18.2 Å². The van der Waals surface area contributed by atoms with Crippen LogP contribution >= 0.6 is 0 Å². The van der Waals surface area contributed by atoms with Gasteiger partial charge in [-0.25, -0.2) is 4.39 Å². The third kappa shape index (κ3) is 4.90. The van der Waals surface area contributed by atoms with Crippen LogP contribution in [0.1, 0.15) is 29.3 Å². The van der Waals surface area contributed by atoms with Gasteiger partial charge in [-0.2, -0.15) is 13.2 Å². The Bertz CT molecular complexity index is 556. The summed E-state index contributed by atoms with van der Waals surface area (Å²) < 4.78 is 62.3. The zero-order chi connectivity index (χ0) is 17.0. The first-order valence-corrected chi connectivity index (χ1v) is 7.14. The van der Waals surface area contributed by atoms with Gasteiger partial charge in [-0.05, 0) is 31.5 Å². The molecular formula is C15H17F4NO3. The summed E-state index contributed by atoms with van der Waals surface area (Å²) in [6.45, 7) is 2.85. The first kappa shape index (κ1) is 17.7. The fraction of sp³-hybridized carbons (Fsp3) is 0.533. The van der Waals surface area contributed by atoms with Gasteiger partial charge in [0.25, 0.3) is 5.91 Å². The molecule has 2 rings (SSSR count). The van der Waals surface area contributed by atoms with Crippen molar-refractivity contribution in [1.82, 2.24) is 5.32 Å². The van der Waals surface area contributed by atoms with Gasteiger partial charge in [-0.15, -0.1) is 0 Å². The second kappa shape index (κ2) is 7.27. The van der Waals surface area contributed by atoms with E-state index in [2.05, 4.69) is 5.32 Å². The van der Waals surface area contributed by atoms with Crippen LogP contribution < -0.4 is 5.32 Å². The van der Waals surface area contributed by atoms with E-state index in [1.54, 1.807) is 6.92 Å². The molecule has 8 heteroatoms. The molecule has 128 valence electrons. The van der Waals surface area contributed by atoms with Crippen molar-refractivity contribution in [3.8, 4) is 0 Å². The van der Waals surface area contributed by atoms with Gasteiger partial charge >= 0.3 is 6.18 Å². The van der Waals surface area contributed by atoms with Gasteiger partial charge in [-0.3, -0.25) is 4.79 Å². The summed E-state index contributed by atoms with van der Waals surface area (Å²) in [6, 6.07) is 1.47. The van der Waals surface area contributed by atoms with Crippen molar-refractivity contribution < 1.29 is 31.8 Å². The van der Waals surface area contributed by atoms with Gasteiger partial charge < -0.3 is 14.8 Å². The molecular weight excluding hydrogens is 318 g/mol. The first-order chi connectivity index (χ1) is 10.8. The number of hydrogen-bond donors (Lipinski definition) is 1. The highest BCUT2D eigenvalue weighted by Crippen LogP contribution is 2.32. The molecule has 0 unspecified atom stereocenters. The zero-order valence-corrected chi connectivity index (χ0v) is 12.5. The summed E-state index contributed by atoms with van der Waals surface area (Å²) in [5.41, 5.74) is -1.91. The summed E-state index contributed by atoms with van der Waals surface area (Å²) in [5, 5.41) is 2.42. The van der Waals surface area contributed by atoms with E-state index in [1.807, 2.05) is 0 Å². The zero-order valence-electron chi connectivity index (χ0n) is 12.5. The molecule has 1 saturated heterocycles. The third-order valence-electron chi connectivity index (χ3n) is 3.38. The molecule has 1 N–H and O–H groups in total. The molecule has 1 aliphatic heterocycles. The van der Waals surface area contributed by atoms with Crippen LogP contribution in [-0.2, 0) is 15.7 Å². The molecule has 0 aliphatic carbocycles. The van der Waals surface area contributed by atoms with Crippen LogP contribution in [0.25, 0.3) is 0 Å². The number of ether oxygens (including phenoxy) is 2. The van der Waals surface area contributed by atoms with Crippen molar-refractivity contribution in [3.05, 3.63) is 35.1 Å². The number of halogens is 4. The molecule has 1 aliphatic rings. The number of carbonyl (C=O) groups excluding carboxylic acids is 1. The highest BCUT2D eigenvalue weighted by atomic mass is 19.4. The van der Waals surface area contributed by atoms with E-state index in [4.69, 9.17) is 9.47 Å². The van der Waals surface area contributed by atoms with E-state index in [1.165, 1.54) is 0 Å². The van der Waals surface area contributed by atoms with Crippen molar-refractivity contribution in [2.75, 3.05) is 19.8 Å². The predicted molar refractivity (Wildman–Crippen MR) is 73.5 cm³/mol. The summed E-state index contributed by atoms with van der Waals surface area (Å²) in [6.07, 6.45) is -4.13. The number of carbonyl (C=O) groups is 1. The lowest BCUT2D eigenvalue weighted by Crippen LogP contribution is -2.38. The molecule has 1 fully saturated rings. The van der Waals surface area contributed by atoms with Gasteiger partial charge in [-0.1, -0.05) is 0 Å². The Morgan fingerprint density at radius 3 is 2.83 bits per heavy atom. The Morgan fingerprint density at radius 2 is 2.22 bits per heavy atom. The van der Waals surface area contributed by atoms with Crippen molar-refractivity contribution in [3.63, 3.8) is 0 Å². The fourth-order valence-corrected chi connectivity index (χ4v) is 2.22. The van der Waals surface area contributed by atoms with E-state index >= 15 is 0 Å². The number of nitrogens with one attached hydrogen (secondary N) is 1. The standard InChI is InChI=1S/C15H17F4NO3/c1-9(7-23-11-4-5-22-8-11)20-14(21)12-3-2-10(16)6-13(12)15(17,18)19/h2-3,6,9,11H,4-5,7-8H2,1H3,(H,20,21)/t9-,11-/m1/s1. The summed E-state index contributed by atoms with van der Waals surface area (Å²) in [7, 11) is 0. The predicted octanol–water partition coefficient (Wildman–Crippen LogP) is 2.77. The molecule has 0 bridgehead atoms. The number of rotatable bonds is 5. The highest BCUT2D eigenvalue weighted by molar-refractivity contribution is 5.96. The van der Waals surface area contributed by atoms with Crippen LogP contribution in [0.2, 0.25) is 0 Å². The number of benzene rings is 1. The second-order valence-electron chi connectivity index (χ2n) is 5.38. The van der Waals surface area contributed by atoms with Gasteiger partial charge in [0.1, 0.15) is 5.82 Å². The number of hydrogen-bond acceptors (Lipinski definition) is 3. The quantitative estimate of drug-likeness (QED) is 0.842. The van der Waals surface area contributed by atoms with Gasteiger partial charge in [0.15, 0.2) is 0 Å².